The molecule has 1 saturated carbocycles. The minimum atomic E-state index is -0.0208. The predicted octanol–water partition coefficient (Wildman–Crippen LogP) is 4.06. The second-order valence-electron chi connectivity index (χ2n) is 6.13. The van der Waals surface area contributed by atoms with Crippen LogP contribution in [0, 0.1) is 13.8 Å². The molecule has 0 saturated heterocycles. The molecule has 110 valence electrons. The Balaban J connectivity index is 2.02. The standard InChI is InChI=1S/C17H24BrNO/c1-13-6-7-14(2)15(10-13)11-16(20)19-17(12-18)8-4-3-5-9-17/h6-7,10H,3-5,8-9,11-12H2,1-2H3,(H,19,20). The minimum Gasteiger partial charge on any atom is -0.350 e. The molecule has 1 amide bonds. The Morgan fingerprint density at radius 3 is 2.60 bits per heavy atom. The zero-order valence-corrected chi connectivity index (χ0v) is 14.1. The van der Waals surface area contributed by atoms with Crippen molar-refractivity contribution in [1.29, 1.82) is 0 Å². The molecule has 2 rings (SSSR count). The molecule has 1 aliphatic rings. The lowest BCUT2D eigenvalue weighted by atomic mass is 9.83. The molecule has 0 aromatic heterocycles. The van der Waals surface area contributed by atoms with Crippen LogP contribution >= 0.6 is 15.9 Å². The number of rotatable bonds is 4. The first-order valence-corrected chi connectivity index (χ1v) is 8.60. The van der Waals surface area contributed by atoms with E-state index in [1.165, 1.54) is 30.4 Å². The summed E-state index contributed by atoms with van der Waals surface area (Å²) >= 11 is 3.59. The number of nitrogens with one attached hydrogen (secondary N) is 1. The minimum absolute atomic E-state index is 0.0208. The van der Waals surface area contributed by atoms with E-state index >= 15 is 0 Å². The van der Waals surface area contributed by atoms with Gasteiger partial charge in [0.1, 0.15) is 0 Å². The highest BCUT2D eigenvalue weighted by Crippen LogP contribution is 2.30. The highest BCUT2D eigenvalue weighted by atomic mass is 79.9. The van der Waals surface area contributed by atoms with E-state index in [0.717, 1.165) is 23.7 Å². The summed E-state index contributed by atoms with van der Waals surface area (Å²) in [6.07, 6.45) is 6.40. The van der Waals surface area contributed by atoms with E-state index in [4.69, 9.17) is 0 Å². The third-order valence-corrected chi connectivity index (χ3v) is 5.40. The fraction of sp³-hybridized carbons (Fsp3) is 0.588. The number of carbonyl (C=O) groups is 1. The van der Waals surface area contributed by atoms with Gasteiger partial charge in [0, 0.05) is 10.9 Å². The van der Waals surface area contributed by atoms with Gasteiger partial charge in [0.15, 0.2) is 0 Å². The van der Waals surface area contributed by atoms with Gasteiger partial charge in [-0.2, -0.15) is 0 Å². The van der Waals surface area contributed by atoms with Crippen molar-refractivity contribution in [2.75, 3.05) is 5.33 Å². The summed E-state index contributed by atoms with van der Waals surface area (Å²) in [6.45, 7) is 4.14. The maximum atomic E-state index is 12.4. The van der Waals surface area contributed by atoms with Crippen molar-refractivity contribution in [3.63, 3.8) is 0 Å². The van der Waals surface area contributed by atoms with Crippen LogP contribution in [0.25, 0.3) is 0 Å². The molecule has 0 spiro atoms. The Labute approximate surface area is 130 Å². The summed E-state index contributed by atoms with van der Waals surface area (Å²) in [6, 6.07) is 6.31. The van der Waals surface area contributed by atoms with Crippen LogP contribution in [-0.2, 0) is 11.2 Å². The summed E-state index contributed by atoms with van der Waals surface area (Å²) in [5.74, 6) is 0.153. The van der Waals surface area contributed by atoms with E-state index < -0.39 is 0 Å². The number of carbonyl (C=O) groups excluding carboxylic acids is 1. The molecule has 1 aromatic rings. The third-order valence-electron chi connectivity index (χ3n) is 4.33. The lowest BCUT2D eigenvalue weighted by molar-refractivity contribution is -0.122. The average Bonchev–Trinajstić information content (AvgIpc) is 2.44. The molecule has 0 atom stereocenters. The maximum Gasteiger partial charge on any atom is 0.224 e. The first-order valence-electron chi connectivity index (χ1n) is 7.48. The van der Waals surface area contributed by atoms with Crippen molar-refractivity contribution in [2.45, 2.75) is 57.9 Å². The largest absolute Gasteiger partial charge is 0.350 e. The molecule has 1 N–H and O–H groups in total. The van der Waals surface area contributed by atoms with Gasteiger partial charge in [-0.1, -0.05) is 59.0 Å². The molecule has 3 heteroatoms. The molecule has 0 heterocycles. The first kappa shape index (κ1) is 15.6. The van der Waals surface area contributed by atoms with Crippen molar-refractivity contribution in [2.24, 2.45) is 0 Å². The number of benzene rings is 1. The van der Waals surface area contributed by atoms with Crippen LogP contribution in [-0.4, -0.2) is 16.8 Å². The third kappa shape index (κ3) is 3.85. The number of aryl methyl sites for hydroxylation is 2. The van der Waals surface area contributed by atoms with Crippen molar-refractivity contribution >= 4 is 21.8 Å². The molecule has 0 radical (unpaired) electrons. The predicted molar refractivity (Wildman–Crippen MR) is 87.4 cm³/mol. The van der Waals surface area contributed by atoms with Crippen molar-refractivity contribution in [1.82, 2.24) is 5.32 Å². The normalized spacial score (nSPS) is 17.8. The number of hydrogen-bond donors (Lipinski definition) is 1. The number of alkyl halides is 1. The van der Waals surface area contributed by atoms with Gasteiger partial charge in [-0.3, -0.25) is 4.79 Å². The molecule has 0 bridgehead atoms. The van der Waals surface area contributed by atoms with Crippen LogP contribution in [0.5, 0.6) is 0 Å². The molecule has 1 fully saturated rings. The molecule has 1 aromatic carbocycles. The molecule has 20 heavy (non-hydrogen) atoms. The van der Waals surface area contributed by atoms with Crippen LogP contribution in [0.3, 0.4) is 0 Å². The lowest BCUT2D eigenvalue weighted by Crippen LogP contribution is -2.51. The van der Waals surface area contributed by atoms with Gasteiger partial charge >= 0.3 is 0 Å². The smallest absolute Gasteiger partial charge is 0.224 e. The fourth-order valence-electron chi connectivity index (χ4n) is 3.02. The molecule has 0 unspecified atom stereocenters. The van der Waals surface area contributed by atoms with E-state index in [1.54, 1.807) is 0 Å². The van der Waals surface area contributed by atoms with Crippen molar-refractivity contribution in [3.8, 4) is 0 Å². The highest BCUT2D eigenvalue weighted by molar-refractivity contribution is 9.09. The highest BCUT2D eigenvalue weighted by Gasteiger charge is 2.32. The summed E-state index contributed by atoms with van der Waals surface area (Å²) in [4.78, 5) is 12.4. The van der Waals surface area contributed by atoms with Crippen LogP contribution in [0.4, 0.5) is 0 Å². The summed E-state index contributed by atoms with van der Waals surface area (Å²) < 4.78 is 0. The van der Waals surface area contributed by atoms with E-state index in [-0.39, 0.29) is 11.4 Å². The van der Waals surface area contributed by atoms with Gasteiger partial charge in [-0.15, -0.1) is 0 Å². The van der Waals surface area contributed by atoms with Crippen LogP contribution in [0.15, 0.2) is 18.2 Å². The fourth-order valence-corrected chi connectivity index (χ4v) is 3.73. The lowest BCUT2D eigenvalue weighted by Gasteiger charge is -2.36. The molecule has 0 aliphatic heterocycles. The maximum absolute atomic E-state index is 12.4. The Morgan fingerprint density at radius 2 is 1.95 bits per heavy atom. The first-order chi connectivity index (χ1) is 9.54. The van der Waals surface area contributed by atoms with E-state index in [2.05, 4.69) is 53.3 Å². The quantitative estimate of drug-likeness (QED) is 0.824. The Kier molecular flexibility index (Phi) is 5.25. The second kappa shape index (κ2) is 6.75. The monoisotopic (exact) mass is 337 g/mol. The Morgan fingerprint density at radius 1 is 1.25 bits per heavy atom. The summed E-state index contributed by atoms with van der Waals surface area (Å²) in [5.41, 5.74) is 3.53. The van der Waals surface area contributed by atoms with Crippen LogP contribution in [0.2, 0.25) is 0 Å². The number of halogens is 1. The van der Waals surface area contributed by atoms with Crippen LogP contribution < -0.4 is 5.32 Å². The van der Waals surface area contributed by atoms with Gasteiger partial charge in [-0.25, -0.2) is 0 Å². The Hall–Kier alpha value is -0.830. The molecular weight excluding hydrogens is 314 g/mol. The SMILES string of the molecule is Cc1ccc(C)c(CC(=O)NC2(CBr)CCCCC2)c1. The van der Waals surface area contributed by atoms with E-state index in [0.29, 0.717) is 6.42 Å². The van der Waals surface area contributed by atoms with E-state index in [9.17, 15) is 4.79 Å². The summed E-state index contributed by atoms with van der Waals surface area (Å²) in [5, 5.41) is 4.15. The van der Waals surface area contributed by atoms with Gasteiger partial charge in [-0.05, 0) is 37.8 Å². The topological polar surface area (TPSA) is 29.1 Å². The summed E-state index contributed by atoms with van der Waals surface area (Å²) in [7, 11) is 0. The van der Waals surface area contributed by atoms with Crippen LogP contribution in [0.1, 0.15) is 48.8 Å². The number of hydrogen-bond acceptors (Lipinski definition) is 1. The second-order valence-corrected chi connectivity index (χ2v) is 6.69. The van der Waals surface area contributed by atoms with Crippen molar-refractivity contribution < 1.29 is 4.79 Å². The zero-order valence-electron chi connectivity index (χ0n) is 12.5. The molecule has 1 aliphatic carbocycles. The van der Waals surface area contributed by atoms with Gasteiger partial charge < -0.3 is 5.32 Å². The zero-order chi connectivity index (χ0) is 14.6. The van der Waals surface area contributed by atoms with Gasteiger partial charge in [0.05, 0.1) is 6.42 Å². The van der Waals surface area contributed by atoms with Crippen molar-refractivity contribution in [3.05, 3.63) is 34.9 Å². The van der Waals surface area contributed by atoms with Gasteiger partial charge in [0.25, 0.3) is 0 Å². The molecule has 2 nitrogen and oxygen atoms in total. The van der Waals surface area contributed by atoms with E-state index in [1.807, 2.05) is 0 Å². The number of amides is 1. The Bertz CT molecular complexity index is 478. The molecular formula is C17H24BrNO. The van der Waals surface area contributed by atoms with Gasteiger partial charge in [0.2, 0.25) is 5.91 Å². The average molecular weight is 338 g/mol.